The third kappa shape index (κ3) is 8.98. The molecule has 0 spiro atoms. The van der Waals surface area contributed by atoms with E-state index in [0.29, 0.717) is 0 Å². The maximum absolute atomic E-state index is 16.7. The number of nitrogens with zero attached hydrogens (tertiary/aromatic N) is 6. The van der Waals surface area contributed by atoms with Gasteiger partial charge in [0.2, 0.25) is 0 Å². The number of aliphatic imine (C=N–C) groups is 3. The molecular formula is C54H33F12InN6O3. The van der Waals surface area contributed by atoms with Crippen LogP contribution >= 0.6 is 0 Å². The number of rotatable bonds is 18. The number of allylic oxidation sites excluding steroid dienone is 6. The zero-order chi connectivity index (χ0) is 54.1. The van der Waals surface area contributed by atoms with Gasteiger partial charge in [-0.25, -0.2) is 0 Å². The Hall–Kier alpha value is -8.40. The Morgan fingerprint density at radius 3 is 0.868 bits per heavy atom. The van der Waals surface area contributed by atoms with Gasteiger partial charge in [0.05, 0.1) is 0 Å². The van der Waals surface area contributed by atoms with Gasteiger partial charge < -0.3 is 0 Å². The molecule has 76 heavy (non-hydrogen) atoms. The van der Waals surface area contributed by atoms with Crippen LogP contribution in [0, 0.1) is 69.8 Å². The molecule has 9 nitrogen and oxygen atoms in total. The molecular weight excluding hydrogens is 1120 g/mol. The van der Waals surface area contributed by atoms with Crippen molar-refractivity contribution in [2.24, 2.45) is 15.0 Å². The molecule has 3 aromatic carbocycles. The van der Waals surface area contributed by atoms with E-state index in [-0.39, 0.29) is 34.2 Å². The first-order valence-electron chi connectivity index (χ1n) is 22.3. The summed E-state index contributed by atoms with van der Waals surface area (Å²) in [6.45, 7) is 8.44. The van der Waals surface area contributed by atoms with Gasteiger partial charge in [-0.3, -0.25) is 0 Å². The van der Waals surface area contributed by atoms with E-state index in [0.717, 1.165) is 18.2 Å². The Labute approximate surface area is 432 Å². The van der Waals surface area contributed by atoms with Crippen LogP contribution in [0.3, 0.4) is 0 Å². The quantitative estimate of drug-likeness (QED) is 0.0489. The Morgan fingerprint density at radius 2 is 0.658 bits per heavy atom. The van der Waals surface area contributed by atoms with Gasteiger partial charge in [0.25, 0.3) is 0 Å². The first kappa shape index (κ1) is 52.5. The topological polar surface area (TPSA) is 79.6 Å². The van der Waals surface area contributed by atoms with Gasteiger partial charge in [-0.1, -0.05) is 0 Å². The molecule has 3 aliphatic heterocycles. The average molecular weight is 1160 g/mol. The minimum absolute atomic E-state index is 0.271. The van der Waals surface area contributed by atoms with Crippen LogP contribution in [0.4, 0.5) is 52.7 Å². The Kier molecular flexibility index (Phi) is 15.1. The summed E-state index contributed by atoms with van der Waals surface area (Å²) in [6, 6.07) is 7.81. The van der Waals surface area contributed by atoms with E-state index >= 15 is 52.7 Å². The standard InChI is InChI=1S/3C18H11F4N2O.In/c3*1-2-9-25-18-16(21)14(19)13(15(20)17(18)22)12(10-5-3-7-23-10)11-6-4-8-24-11;/h3*2-8H,1,9H2;/q3*-1;+3/b3*12-10+;. The monoisotopic (exact) mass is 1160 g/mol. The van der Waals surface area contributed by atoms with E-state index in [4.69, 9.17) is 14.2 Å². The summed E-state index contributed by atoms with van der Waals surface area (Å²) in [5, 5.41) is 0. The van der Waals surface area contributed by atoms with Crippen LogP contribution in [0.5, 0.6) is 17.2 Å². The molecule has 0 amide bonds. The van der Waals surface area contributed by atoms with Crippen molar-refractivity contribution in [3.05, 3.63) is 250 Å². The van der Waals surface area contributed by atoms with Gasteiger partial charge in [0, 0.05) is 0 Å². The summed E-state index contributed by atoms with van der Waals surface area (Å²) in [5.74, 6) is -27.6. The van der Waals surface area contributed by atoms with Gasteiger partial charge in [0.15, 0.2) is 0 Å². The van der Waals surface area contributed by atoms with E-state index < -0.39 is 163 Å². The average Bonchev–Trinajstić information content (AvgIpc) is 4.36. The van der Waals surface area contributed by atoms with Crippen molar-refractivity contribution in [1.29, 1.82) is 0 Å². The second-order valence-corrected chi connectivity index (χ2v) is 22.9. The predicted octanol–water partition coefficient (Wildman–Crippen LogP) is 12.6. The molecule has 6 aromatic rings. The molecule has 0 unspecified atom stereocenters. The van der Waals surface area contributed by atoms with Gasteiger partial charge >= 0.3 is 434 Å². The van der Waals surface area contributed by atoms with Crippen LogP contribution in [-0.2, 0) is 0 Å². The fourth-order valence-corrected chi connectivity index (χ4v) is 17.1. The molecule has 9 rings (SSSR count). The zero-order valence-electron chi connectivity index (χ0n) is 38.9. The molecule has 3 aliphatic rings. The summed E-state index contributed by atoms with van der Waals surface area (Å²) in [7, 11) is 0. The molecule has 0 aliphatic carbocycles. The molecule has 6 heterocycles. The summed E-state index contributed by atoms with van der Waals surface area (Å²) in [4.78, 5) is 12.7. The van der Waals surface area contributed by atoms with E-state index in [2.05, 4.69) is 34.7 Å². The van der Waals surface area contributed by atoms with E-state index in [1.54, 1.807) is 0 Å². The third-order valence-corrected chi connectivity index (χ3v) is 19.9. The zero-order valence-corrected chi connectivity index (χ0v) is 42.2. The van der Waals surface area contributed by atoms with Crippen molar-refractivity contribution in [1.82, 2.24) is 7.66 Å². The predicted molar refractivity (Wildman–Crippen MR) is 262 cm³/mol. The fraction of sp³-hybridized carbons (Fsp3) is 0.0556. The van der Waals surface area contributed by atoms with Gasteiger partial charge in [-0.15, -0.1) is 0 Å². The minimum atomic E-state index is -5.36. The first-order valence-corrected chi connectivity index (χ1v) is 26.8. The second-order valence-electron chi connectivity index (χ2n) is 16.1. The normalized spacial score (nSPS) is 15.3. The van der Waals surface area contributed by atoms with Crippen LogP contribution in [0.1, 0.15) is 33.8 Å². The molecule has 0 saturated heterocycles. The Bertz CT molecular complexity index is 3210. The molecule has 22 heteroatoms. The number of ether oxygens (including phenoxy) is 3. The number of hydrogen-bond donors (Lipinski definition) is 0. The number of halogens is 12. The number of hydrogen-bond acceptors (Lipinski definition) is 6. The van der Waals surface area contributed by atoms with Crippen LogP contribution in [0.15, 0.2) is 161 Å². The van der Waals surface area contributed by atoms with Crippen molar-refractivity contribution in [2.75, 3.05) is 19.8 Å². The van der Waals surface area contributed by atoms with Crippen molar-refractivity contribution < 1.29 is 66.9 Å². The molecule has 0 atom stereocenters. The van der Waals surface area contributed by atoms with E-state index in [1.807, 2.05) is 0 Å². The molecule has 0 saturated carbocycles. The SMILES string of the molecule is C=CCOc1c(F)c(F)c(/C(=C2\C=CC=N2)c2ccc[n]2[In]([n]2cccc2/C(=C2/C=CC=N2)c2c(F)c(F)c(OCC=C)c(F)c2F)[n]2cccc2/C(=C2/C=CC=N2)c2c(F)c(F)c(OCC=C)c(F)c2F)c(F)c1F. The van der Waals surface area contributed by atoms with Crippen LogP contribution in [0.25, 0.3) is 16.7 Å². The van der Waals surface area contributed by atoms with Crippen LogP contribution in [-0.4, -0.2) is 68.4 Å². The van der Waals surface area contributed by atoms with Crippen LogP contribution in [0.2, 0.25) is 0 Å². The molecule has 0 N–H and O–H groups in total. The molecule has 0 bridgehead atoms. The van der Waals surface area contributed by atoms with Crippen molar-refractivity contribution >= 4 is 57.7 Å². The molecule has 384 valence electrons. The van der Waals surface area contributed by atoms with E-state index in [9.17, 15) is 0 Å². The number of aromatic nitrogens is 3. The molecule has 0 radical (unpaired) electrons. The van der Waals surface area contributed by atoms with Crippen molar-refractivity contribution in [2.45, 2.75) is 0 Å². The molecule has 3 aromatic heterocycles. The Balaban J connectivity index is 1.39. The number of benzene rings is 3. The van der Waals surface area contributed by atoms with Crippen molar-refractivity contribution in [3.63, 3.8) is 0 Å². The van der Waals surface area contributed by atoms with E-state index in [1.165, 1.54) is 118 Å². The summed E-state index contributed by atoms with van der Waals surface area (Å²) >= 11 is -5.36. The first-order chi connectivity index (χ1) is 36.7. The van der Waals surface area contributed by atoms with Gasteiger partial charge in [0.1, 0.15) is 0 Å². The third-order valence-electron chi connectivity index (χ3n) is 11.7. The second kappa shape index (κ2) is 21.8. The Morgan fingerprint density at radius 1 is 0.408 bits per heavy atom. The van der Waals surface area contributed by atoms with Gasteiger partial charge in [-0.2, -0.15) is 0 Å². The summed E-state index contributed by atoms with van der Waals surface area (Å²) in [5.41, 5.74) is -7.32. The summed E-state index contributed by atoms with van der Waals surface area (Å²) < 4.78 is 215. The molecule has 0 fully saturated rings. The maximum atomic E-state index is 16.7. The fourth-order valence-electron chi connectivity index (χ4n) is 8.63. The van der Waals surface area contributed by atoms with Crippen LogP contribution < -0.4 is 14.2 Å². The van der Waals surface area contributed by atoms with Gasteiger partial charge in [-0.05, 0) is 0 Å². The summed E-state index contributed by atoms with van der Waals surface area (Å²) in [6.07, 6.45) is 18.6. The van der Waals surface area contributed by atoms with Crippen molar-refractivity contribution in [3.8, 4) is 17.2 Å².